The minimum absolute atomic E-state index is 0.180. The monoisotopic (exact) mass is 249 g/mol. The van der Waals surface area contributed by atoms with Gasteiger partial charge in [0.2, 0.25) is 0 Å². The molecule has 0 saturated heterocycles. The van der Waals surface area contributed by atoms with E-state index in [1.807, 2.05) is 6.92 Å². The highest BCUT2D eigenvalue weighted by molar-refractivity contribution is 6.30. The molecule has 2 aromatic rings. The maximum absolute atomic E-state index is 5.86. The second kappa shape index (κ2) is 4.90. The molecule has 90 valence electrons. The number of rotatable bonds is 3. The van der Waals surface area contributed by atoms with Crippen molar-refractivity contribution < 1.29 is 0 Å². The summed E-state index contributed by atoms with van der Waals surface area (Å²) in [6.07, 6.45) is 4.33. The van der Waals surface area contributed by atoms with Gasteiger partial charge in [0.15, 0.2) is 0 Å². The quantitative estimate of drug-likeness (QED) is 0.909. The van der Waals surface area contributed by atoms with Crippen LogP contribution in [0.5, 0.6) is 0 Å². The Balaban J connectivity index is 2.31. The Bertz CT molecular complexity index is 517. The van der Waals surface area contributed by atoms with Crippen molar-refractivity contribution in [2.24, 2.45) is 5.73 Å². The fourth-order valence-electron chi connectivity index (χ4n) is 1.91. The van der Waals surface area contributed by atoms with Crippen LogP contribution >= 0.6 is 11.6 Å². The maximum Gasteiger partial charge on any atom is 0.0790 e. The zero-order valence-electron chi connectivity index (χ0n) is 10.0. The highest BCUT2D eigenvalue weighted by Gasteiger charge is 2.05. The van der Waals surface area contributed by atoms with Crippen molar-refractivity contribution in [1.29, 1.82) is 0 Å². The molecular weight excluding hydrogens is 234 g/mol. The molecule has 17 heavy (non-hydrogen) atoms. The number of benzene rings is 1. The highest BCUT2D eigenvalue weighted by Crippen LogP contribution is 2.18. The number of aryl methyl sites for hydroxylation is 1. The lowest BCUT2D eigenvalue weighted by Crippen LogP contribution is -2.17. The Morgan fingerprint density at radius 2 is 2.24 bits per heavy atom. The SMILES string of the molecule is Cc1cc(CC(C)N)ccc1-n1cc(Cl)cn1. The van der Waals surface area contributed by atoms with Gasteiger partial charge >= 0.3 is 0 Å². The van der Waals surface area contributed by atoms with Crippen LogP contribution in [0.2, 0.25) is 5.02 Å². The van der Waals surface area contributed by atoms with E-state index in [4.69, 9.17) is 17.3 Å². The Kier molecular flexibility index (Phi) is 3.50. The third-order valence-electron chi connectivity index (χ3n) is 2.62. The van der Waals surface area contributed by atoms with Gasteiger partial charge < -0.3 is 5.73 Å². The zero-order chi connectivity index (χ0) is 12.4. The second-order valence-electron chi connectivity index (χ2n) is 4.41. The molecule has 2 N–H and O–H groups in total. The van der Waals surface area contributed by atoms with Crippen LogP contribution in [-0.4, -0.2) is 15.8 Å². The summed E-state index contributed by atoms with van der Waals surface area (Å²) in [5.41, 5.74) is 9.26. The van der Waals surface area contributed by atoms with Gasteiger partial charge in [0, 0.05) is 12.2 Å². The van der Waals surface area contributed by atoms with Crippen molar-refractivity contribution in [3.63, 3.8) is 0 Å². The van der Waals surface area contributed by atoms with Gasteiger partial charge in [-0.25, -0.2) is 4.68 Å². The first-order valence-electron chi connectivity index (χ1n) is 5.62. The fraction of sp³-hybridized carbons (Fsp3) is 0.308. The van der Waals surface area contributed by atoms with Gasteiger partial charge in [-0.05, 0) is 37.5 Å². The van der Waals surface area contributed by atoms with Crippen LogP contribution in [0, 0.1) is 6.92 Å². The van der Waals surface area contributed by atoms with E-state index in [2.05, 4.69) is 30.2 Å². The molecule has 0 spiro atoms. The largest absolute Gasteiger partial charge is 0.328 e. The number of hydrogen-bond acceptors (Lipinski definition) is 2. The smallest absolute Gasteiger partial charge is 0.0790 e. The van der Waals surface area contributed by atoms with Crippen molar-refractivity contribution in [1.82, 2.24) is 9.78 Å². The molecule has 4 heteroatoms. The van der Waals surface area contributed by atoms with E-state index in [1.54, 1.807) is 17.1 Å². The molecule has 0 radical (unpaired) electrons. The molecule has 0 aliphatic heterocycles. The van der Waals surface area contributed by atoms with Crippen LogP contribution in [0.1, 0.15) is 18.1 Å². The lowest BCUT2D eigenvalue weighted by Gasteiger charge is -2.10. The summed E-state index contributed by atoms with van der Waals surface area (Å²) in [4.78, 5) is 0. The molecule has 0 aliphatic carbocycles. The lowest BCUT2D eigenvalue weighted by atomic mass is 10.0. The lowest BCUT2D eigenvalue weighted by molar-refractivity contribution is 0.737. The molecule has 0 bridgehead atoms. The predicted molar refractivity (Wildman–Crippen MR) is 70.7 cm³/mol. The van der Waals surface area contributed by atoms with Crippen LogP contribution < -0.4 is 5.73 Å². The third kappa shape index (κ3) is 2.87. The zero-order valence-corrected chi connectivity index (χ0v) is 10.8. The molecule has 3 nitrogen and oxygen atoms in total. The average molecular weight is 250 g/mol. The van der Waals surface area contributed by atoms with Gasteiger partial charge in [-0.3, -0.25) is 0 Å². The fourth-order valence-corrected chi connectivity index (χ4v) is 2.04. The van der Waals surface area contributed by atoms with Gasteiger partial charge in [0.1, 0.15) is 0 Å². The molecule has 1 aromatic carbocycles. The van der Waals surface area contributed by atoms with Gasteiger partial charge in [0.25, 0.3) is 0 Å². The molecular formula is C13H16ClN3. The van der Waals surface area contributed by atoms with E-state index in [0.717, 1.165) is 12.1 Å². The number of aromatic nitrogens is 2. The third-order valence-corrected chi connectivity index (χ3v) is 2.81. The van der Waals surface area contributed by atoms with Crippen molar-refractivity contribution in [3.05, 3.63) is 46.7 Å². The highest BCUT2D eigenvalue weighted by atomic mass is 35.5. The Morgan fingerprint density at radius 3 is 2.76 bits per heavy atom. The molecule has 1 heterocycles. The van der Waals surface area contributed by atoms with Crippen molar-refractivity contribution in [2.45, 2.75) is 26.3 Å². The van der Waals surface area contributed by atoms with Gasteiger partial charge in [-0.15, -0.1) is 0 Å². The van der Waals surface area contributed by atoms with Crippen molar-refractivity contribution >= 4 is 11.6 Å². The first kappa shape index (κ1) is 12.1. The number of hydrogen-bond donors (Lipinski definition) is 1. The van der Waals surface area contributed by atoms with E-state index in [-0.39, 0.29) is 6.04 Å². The molecule has 0 saturated carbocycles. The summed E-state index contributed by atoms with van der Waals surface area (Å²) in [7, 11) is 0. The predicted octanol–water partition coefficient (Wildman–Crippen LogP) is 2.72. The molecule has 2 rings (SSSR count). The minimum Gasteiger partial charge on any atom is -0.328 e. The van der Waals surface area contributed by atoms with Gasteiger partial charge in [-0.1, -0.05) is 23.7 Å². The molecule has 1 unspecified atom stereocenters. The summed E-state index contributed by atoms with van der Waals surface area (Å²) >= 11 is 5.86. The molecule has 1 atom stereocenters. The summed E-state index contributed by atoms with van der Waals surface area (Å²) in [5.74, 6) is 0. The van der Waals surface area contributed by atoms with E-state index in [0.29, 0.717) is 5.02 Å². The average Bonchev–Trinajstić information content (AvgIpc) is 2.64. The normalized spacial score (nSPS) is 12.7. The Hall–Kier alpha value is -1.32. The van der Waals surface area contributed by atoms with Crippen LogP contribution in [-0.2, 0) is 6.42 Å². The number of nitrogens with two attached hydrogens (primary N) is 1. The topological polar surface area (TPSA) is 43.8 Å². The first-order chi connectivity index (χ1) is 8.06. The van der Waals surface area contributed by atoms with Gasteiger partial charge in [0.05, 0.1) is 16.9 Å². The standard InChI is InChI=1S/C13H16ClN3/c1-9-5-11(6-10(2)15)3-4-13(9)17-8-12(14)7-16-17/h3-5,7-8,10H,6,15H2,1-2H3. The van der Waals surface area contributed by atoms with Crippen LogP contribution in [0.3, 0.4) is 0 Å². The summed E-state index contributed by atoms with van der Waals surface area (Å²) < 4.78 is 1.79. The molecule has 0 aliphatic rings. The number of nitrogens with zero attached hydrogens (tertiary/aromatic N) is 2. The summed E-state index contributed by atoms with van der Waals surface area (Å²) in [6.45, 7) is 4.08. The summed E-state index contributed by atoms with van der Waals surface area (Å²) in [5, 5.41) is 4.84. The van der Waals surface area contributed by atoms with E-state index >= 15 is 0 Å². The van der Waals surface area contributed by atoms with Crippen LogP contribution in [0.25, 0.3) is 5.69 Å². The van der Waals surface area contributed by atoms with Crippen molar-refractivity contribution in [2.75, 3.05) is 0 Å². The Morgan fingerprint density at radius 1 is 1.47 bits per heavy atom. The molecule has 1 aromatic heterocycles. The van der Waals surface area contributed by atoms with E-state index in [9.17, 15) is 0 Å². The minimum atomic E-state index is 0.180. The van der Waals surface area contributed by atoms with Crippen LogP contribution in [0.15, 0.2) is 30.6 Å². The molecule has 0 fully saturated rings. The van der Waals surface area contributed by atoms with E-state index < -0.39 is 0 Å². The maximum atomic E-state index is 5.86. The molecule has 0 amide bonds. The van der Waals surface area contributed by atoms with Crippen LogP contribution in [0.4, 0.5) is 0 Å². The first-order valence-corrected chi connectivity index (χ1v) is 5.99. The van der Waals surface area contributed by atoms with E-state index in [1.165, 1.54) is 11.1 Å². The summed E-state index contributed by atoms with van der Waals surface area (Å²) in [6, 6.07) is 6.46. The second-order valence-corrected chi connectivity index (χ2v) is 4.84. The van der Waals surface area contributed by atoms with Gasteiger partial charge in [-0.2, -0.15) is 5.10 Å². The Labute approximate surface area is 106 Å². The number of halogens is 1. The van der Waals surface area contributed by atoms with Crippen molar-refractivity contribution in [3.8, 4) is 5.69 Å².